The SMILES string of the molecule is COc1ccccc1NS(=O)(=O)c1cccc(C(=O)NCc2ccc(C(=O)NCC(N)=O)cc2)c1. The molecule has 0 heterocycles. The van der Waals surface area contributed by atoms with Gasteiger partial charge in [0.1, 0.15) is 5.75 Å². The van der Waals surface area contributed by atoms with Gasteiger partial charge in [-0.1, -0.05) is 30.3 Å². The number of anilines is 1. The average molecular weight is 497 g/mol. The van der Waals surface area contributed by atoms with Crippen molar-refractivity contribution in [2.45, 2.75) is 11.4 Å². The summed E-state index contributed by atoms with van der Waals surface area (Å²) in [5, 5.41) is 5.10. The molecule has 0 aromatic heterocycles. The number of amides is 3. The van der Waals surface area contributed by atoms with Crippen molar-refractivity contribution >= 4 is 33.4 Å². The summed E-state index contributed by atoms with van der Waals surface area (Å²) >= 11 is 0. The van der Waals surface area contributed by atoms with Crippen LogP contribution in [0.3, 0.4) is 0 Å². The van der Waals surface area contributed by atoms with Crippen LogP contribution in [-0.4, -0.2) is 39.8 Å². The normalized spacial score (nSPS) is 10.8. The number of carbonyl (C=O) groups is 3. The molecule has 0 aliphatic rings. The molecule has 0 fully saturated rings. The molecule has 0 saturated carbocycles. The number of hydrogen-bond acceptors (Lipinski definition) is 6. The Morgan fingerprint density at radius 2 is 1.54 bits per heavy atom. The Morgan fingerprint density at radius 3 is 2.23 bits per heavy atom. The van der Waals surface area contributed by atoms with Crippen molar-refractivity contribution in [3.8, 4) is 5.75 Å². The Kier molecular flexibility index (Phi) is 8.05. The lowest BCUT2D eigenvalue weighted by Gasteiger charge is -2.12. The van der Waals surface area contributed by atoms with Gasteiger partial charge in [-0.3, -0.25) is 19.1 Å². The Morgan fingerprint density at radius 1 is 0.857 bits per heavy atom. The lowest BCUT2D eigenvalue weighted by Crippen LogP contribution is -2.33. The van der Waals surface area contributed by atoms with E-state index in [9.17, 15) is 22.8 Å². The van der Waals surface area contributed by atoms with E-state index in [2.05, 4.69) is 15.4 Å². The summed E-state index contributed by atoms with van der Waals surface area (Å²) in [6.07, 6.45) is 0. The molecule has 0 aliphatic carbocycles. The van der Waals surface area contributed by atoms with Crippen LogP contribution in [0.1, 0.15) is 26.3 Å². The molecule has 5 N–H and O–H groups in total. The second kappa shape index (κ2) is 11.2. The van der Waals surface area contributed by atoms with Gasteiger partial charge in [0, 0.05) is 17.7 Å². The third-order valence-electron chi connectivity index (χ3n) is 4.85. The predicted octanol–water partition coefficient (Wildman–Crippen LogP) is 1.64. The highest BCUT2D eigenvalue weighted by Gasteiger charge is 2.18. The molecule has 3 rings (SSSR count). The minimum absolute atomic E-state index is 0.0811. The molecule has 35 heavy (non-hydrogen) atoms. The minimum atomic E-state index is -3.97. The van der Waals surface area contributed by atoms with Gasteiger partial charge in [-0.2, -0.15) is 0 Å². The van der Waals surface area contributed by atoms with Gasteiger partial charge in [-0.25, -0.2) is 8.42 Å². The van der Waals surface area contributed by atoms with Gasteiger partial charge in [-0.15, -0.1) is 0 Å². The number of nitrogens with one attached hydrogen (secondary N) is 3. The van der Waals surface area contributed by atoms with Crippen LogP contribution in [0.25, 0.3) is 0 Å². The standard InChI is InChI=1S/C24H24N4O6S/c1-34-21-8-3-2-7-20(21)28-35(32,33)19-6-4-5-18(13-19)24(31)26-14-16-9-11-17(12-10-16)23(30)27-15-22(25)29/h2-13,28H,14-15H2,1H3,(H2,25,29)(H,26,31)(H,27,30). The van der Waals surface area contributed by atoms with E-state index in [1.54, 1.807) is 48.5 Å². The second-order valence-corrected chi connectivity index (χ2v) is 9.04. The van der Waals surface area contributed by atoms with E-state index < -0.39 is 27.7 Å². The van der Waals surface area contributed by atoms with Crippen molar-refractivity contribution < 1.29 is 27.5 Å². The predicted molar refractivity (Wildman–Crippen MR) is 129 cm³/mol. The summed E-state index contributed by atoms with van der Waals surface area (Å²) in [6, 6.07) is 18.6. The van der Waals surface area contributed by atoms with E-state index in [1.807, 2.05) is 0 Å². The molecule has 3 amide bonds. The summed E-state index contributed by atoms with van der Waals surface area (Å²) in [4.78, 5) is 35.2. The number of para-hydroxylation sites is 2. The van der Waals surface area contributed by atoms with Crippen LogP contribution in [0.4, 0.5) is 5.69 Å². The summed E-state index contributed by atoms with van der Waals surface area (Å²) < 4.78 is 33.3. The third kappa shape index (κ3) is 6.81. The van der Waals surface area contributed by atoms with Crippen molar-refractivity contribution in [3.05, 3.63) is 89.5 Å². The number of benzene rings is 3. The first kappa shape index (κ1) is 25.2. The van der Waals surface area contributed by atoms with E-state index in [0.717, 1.165) is 0 Å². The Balaban J connectivity index is 1.65. The molecular weight excluding hydrogens is 472 g/mol. The average Bonchev–Trinajstić information content (AvgIpc) is 2.86. The third-order valence-corrected chi connectivity index (χ3v) is 6.21. The molecule has 182 valence electrons. The number of methoxy groups -OCH3 is 1. The number of ether oxygens (including phenoxy) is 1. The molecule has 3 aromatic rings. The van der Waals surface area contributed by atoms with Crippen LogP contribution in [0.15, 0.2) is 77.7 Å². The highest BCUT2D eigenvalue weighted by molar-refractivity contribution is 7.92. The topological polar surface area (TPSA) is 157 Å². The lowest BCUT2D eigenvalue weighted by molar-refractivity contribution is -0.117. The van der Waals surface area contributed by atoms with Gasteiger partial charge in [-0.05, 0) is 48.0 Å². The molecule has 11 heteroatoms. The fourth-order valence-electron chi connectivity index (χ4n) is 3.06. The lowest BCUT2D eigenvalue weighted by atomic mass is 10.1. The molecule has 0 bridgehead atoms. The summed E-state index contributed by atoms with van der Waals surface area (Å²) in [7, 11) is -2.53. The molecule has 0 unspecified atom stereocenters. The number of nitrogens with two attached hydrogens (primary N) is 1. The minimum Gasteiger partial charge on any atom is -0.495 e. The van der Waals surface area contributed by atoms with E-state index in [-0.39, 0.29) is 29.2 Å². The van der Waals surface area contributed by atoms with E-state index in [0.29, 0.717) is 16.9 Å². The number of carbonyl (C=O) groups excluding carboxylic acids is 3. The number of rotatable bonds is 10. The Bertz CT molecular complexity index is 1340. The zero-order valence-corrected chi connectivity index (χ0v) is 19.6. The van der Waals surface area contributed by atoms with Crippen LogP contribution in [-0.2, 0) is 21.4 Å². The summed E-state index contributed by atoms with van der Waals surface area (Å²) in [5.41, 5.74) is 6.49. The monoisotopic (exact) mass is 496 g/mol. The largest absolute Gasteiger partial charge is 0.495 e. The maximum absolute atomic E-state index is 12.8. The smallest absolute Gasteiger partial charge is 0.262 e. The first-order valence-corrected chi connectivity index (χ1v) is 11.9. The van der Waals surface area contributed by atoms with Crippen LogP contribution < -0.4 is 25.8 Å². The zero-order chi connectivity index (χ0) is 25.4. The van der Waals surface area contributed by atoms with Gasteiger partial charge >= 0.3 is 0 Å². The second-order valence-electron chi connectivity index (χ2n) is 7.36. The van der Waals surface area contributed by atoms with Crippen molar-refractivity contribution in [3.63, 3.8) is 0 Å². The van der Waals surface area contributed by atoms with Crippen LogP contribution in [0, 0.1) is 0 Å². The quantitative estimate of drug-likeness (QED) is 0.334. The molecule has 10 nitrogen and oxygen atoms in total. The Hall–Kier alpha value is -4.38. The highest BCUT2D eigenvalue weighted by Crippen LogP contribution is 2.26. The maximum atomic E-state index is 12.8. The van der Waals surface area contributed by atoms with Gasteiger partial charge in [0.2, 0.25) is 5.91 Å². The van der Waals surface area contributed by atoms with Gasteiger partial charge in [0.15, 0.2) is 0 Å². The van der Waals surface area contributed by atoms with E-state index in [4.69, 9.17) is 10.5 Å². The number of primary amides is 1. The number of hydrogen-bond donors (Lipinski definition) is 4. The summed E-state index contributed by atoms with van der Waals surface area (Å²) in [5.74, 6) is -1.20. The van der Waals surface area contributed by atoms with Gasteiger partial charge < -0.3 is 21.1 Å². The number of sulfonamides is 1. The molecular formula is C24H24N4O6S. The van der Waals surface area contributed by atoms with Crippen molar-refractivity contribution in [2.75, 3.05) is 18.4 Å². The van der Waals surface area contributed by atoms with Gasteiger partial charge in [0.25, 0.3) is 21.8 Å². The van der Waals surface area contributed by atoms with Crippen LogP contribution in [0.5, 0.6) is 5.75 Å². The fraction of sp³-hybridized carbons (Fsp3) is 0.125. The van der Waals surface area contributed by atoms with Crippen molar-refractivity contribution in [1.29, 1.82) is 0 Å². The van der Waals surface area contributed by atoms with Crippen LogP contribution >= 0.6 is 0 Å². The molecule has 3 aromatic carbocycles. The molecule has 0 aliphatic heterocycles. The summed E-state index contributed by atoms with van der Waals surface area (Å²) in [6.45, 7) is -0.113. The Labute approximate surface area is 202 Å². The zero-order valence-electron chi connectivity index (χ0n) is 18.8. The maximum Gasteiger partial charge on any atom is 0.262 e. The van der Waals surface area contributed by atoms with Crippen molar-refractivity contribution in [2.24, 2.45) is 5.73 Å². The van der Waals surface area contributed by atoms with E-state index >= 15 is 0 Å². The van der Waals surface area contributed by atoms with Gasteiger partial charge in [0.05, 0.1) is 24.2 Å². The van der Waals surface area contributed by atoms with Crippen LogP contribution in [0.2, 0.25) is 0 Å². The van der Waals surface area contributed by atoms with Crippen molar-refractivity contribution in [1.82, 2.24) is 10.6 Å². The molecule has 0 radical (unpaired) electrons. The first-order chi connectivity index (χ1) is 16.7. The molecule has 0 atom stereocenters. The molecule has 0 spiro atoms. The van der Waals surface area contributed by atoms with E-state index in [1.165, 1.54) is 31.4 Å². The molecule has 0 saturated heterocycles. The first-order valence-electron chi connectivity index (χ1n) is 10.4. The highest BCUT2D eigenvalue weighted by atomic mass is 32.2. The fourth-order valence-corrected chi connectivity index (χ4v) is 4.18.